The van der Waals surface area contributed by atoms with Gasteiger partial charge in [0.15, 0.2) is 5.76 Å². The summed E-state index contributed by atoms with van der Waals surface area (Å²) in [5.74, 6) is 0.439. The number of halogens is 3. The zero-order valence-corrected chi connectivity index (χ0v) is 14.2. The molecule has 0 aliphatic heterocycles. The maximum atomic E-state index is 12.2. The van der Waals surface area contributed by atoms with Crippen molar-refractivity contribution < 1.29 is 32.3 Å². The Bertz CT molecular complexity index is 873. The first kappa shape index (κ1) is 18.6. The fourth-order valence-corrected chi connectivity index (χ4v) is 2.53. The molecule has 8 heteroatoms. The van der Waals surface area contributed by atoms with Crippen molar-refractivity contribution in [2.75, 3.05) is 0 Å². The number of aromatic hydroxyl groups is 1. The highest BCUT2D eigenvalue weighted by Gasteiger charge is 2.31. The van der Waals surface area contributed by atoms with Gasteiger partial charge in [0, 0.05) is 18.1 Å². The number of nitrogens with zero attached hydrogens (tertiary/aromatic N) is 1. The number of hydrogen-bond donors (Lipinski definition) is 1. The summed E-state index contributed by atoms with van der Waals surface area (Å²) in [7, 11) is 0. The van der Waals surface area contributed by atoms with Crippen LogP contribution in [-0.4, -0.2) is 22.7 Å². The largest absolute Gasteiger partial charge is 0.573 e. The highest BCUT2D eigenvalue weighted by molar-refractivity contribution is 5.58. The van der Waals surface area contributed by atoms with Gasteiger partial charge in [0.05, 0.1) is 6.10 Å². The molecule has 1 heterocycles. The molecule has 0 fully saturated rings. The summed E-state index contributed by atoms with van der Waals surface area (Å²) < 4.78 is 51.0. The molecule has 142 valence electrons. The van der Waals surface area contributed by atoms with Crippen LogP contribution in [0.15, 0.2) is 59.1 Å². The van der Waals surface area contributed by atoms with Crippen molar-refractivity contribution in [3.63, 3.8) is 0 Å². The van der Waals surface area contributed by atoms with Crippen molar-refractivity contribution in [2.45, 2.75) is 25.8 Å². The summed E-state index contributed by atoms with van der Waals surface area (Å²) in [5, 5.41) is 12.6. The Kier molecular flexibility index (Phi) is 5.25. The molecule has 1 unspecified atom stereocenters. The summed E-state index contributed by atoms with van der Waals surface area (Å²) in [5.41, 5.74) is 1.78. The number of aromatic nitrogens is 1. The van der Waals surface area contributed by atoms with E-state index in [-0.39, 0.29) is 17.7 Å². The van der Waals surface area contributed by atoms with Crippen molar-refractivity contribution in [3.8, 4) is 28.7 Å². The van der Waals surface area contributed by atoms with Gasteiger partial charge in [-0.3, -0.25) is 0 Å². The Morgan fingerprint density at radius 2 is 1.67 bits per heavy atom. The van der Waals surface area contributed by atoms with E-state index >= 15 is 0 Å². The van der Waals surface area contributed by atoms with E-state index in [9.17, 15) is 18.3 Å². The third kappa shape index (κ3) is 5.40. The molecule has 0 aliphatic carbocycles. The molecular weight excluding hydrogens is 363 g/mol. The second-order valence-corrected chi connectivity index (χ2v) is 5.90. The lowest BCUT2D eigenvalue weighted by Crippen LogP contribution is -2.17. The van der Waals surface area contributed by atoms with Gasteiger partial charge in [0.2, 0.25) is 0 Å². The molecule has 3 rings (SSSR count). The third-order valence-electron chi connectivity index (χ3n) is 3.65. The van der Waals surface area contributed by atoms with Gasteiger partial charge in [0.25, 0.3) is 5.88 Å². The van der Waals surface area contributed by atoms with Crippen LogP contribution in [0.1, 0.15) is 12.5 Å². The summed E-state index contributed by atoms with van der Waals surface area (Å²) >= 11 is 0. The summed E-state index contributed by atoms with van der Waals surface area (Å²) in [6.45, 7) is 1.86. The molecule has 5 nitrogen and oxygen atoms in total. The smallest absolute Gasteiger partial charge is 0.491 e. The molecule has 3 aromatic rings. The van der Waals surface area contributed by atoms with Crippen LogP contribution in [0.4, 0.5) is 13.2 Å². The molecule has 1 atom stereocenters. The summed E-state index contributed by atoms with van der Waals surface area (Å²) in [6, 6.07) is 14.2. The van der Waals surface area contributed by atoms with E-state index in [1.807, 2.05) is 31.2 Å². The lowest BCUT2D eigenvalue weighted by Gasteiger charge is -2.15. The van der Waals surface area contributed by atoms with E-state index in [4.69, 9.17) is 9.26 Å². The van der Waals surface area contributed by atoms with Gasteiger partial charge in [-0.25, -0.2) is 0 Å². The minimum Gasteiger partial charge on any atom is -0.491 e. The average molecular weight is 379 g/mol. The maximum absolute atomic E-state index is 12.2. The fraction of sp³-hybridized carbons (Fsp3) is 0.211. The number of hydrogen-bond acceptors (Lipinski definition) is 5. The minimum absolute atomic E-state index is 0.178. The van der Waals surface area contributed by atoms with Crippen LogP contribution in [0.5, 0.6) is 17.4 Å². The molecule has 0 amide bonds. The van der Waals surface area contributed by atoms with Crippen molar-refractivity contribution in [2.24, 2.45) is 0 Å². The molecule has 1 N–H and O–H groups in total. The Balaban J connectivity index is 1.56. The predicted octanol–water partition coefficient (Wildman–Crippen LogP) is 4.96. The van der Waals surface area contributed by atoms with Gasteiger partial charge >= 0.3 is 6.36 Å². The van der Waals surface area contributed by atoms with Gasteiger partial charge in [-0.1, -0.05) is 24.3 Å². The van der Waals surface area contributed by atoms with E-state index in [1.165, 1.54) is 30.3 Å². The van der Waals surface area contributed by atoms with Crippen LogP contribution in [-0.2, 0) is 6.42 Å². The molecule has 0 spiro atoms. The standard InChI is InChI=1S/C19H16F3NO4/c1-12(25-15-6-8-16(9-7-15)26-19(20,21)22)10-13-2-4-14(5-3-13)17-11-18(24)23-27-17/h2-9,11-12H,10H2,1H3,(H,23,24). The molecule has 0 aliphatic rings. The van der Waals surface area contributed by atoms with Crippen molar-refractivity contribution >= 4 is 0 Å². The zero-order valence-electron chi connectivity index (χ0n) is 14.2. The molecule has 0 bridgehead atoms. The normalized spacial score (nSPS) is 12.6. The lowest BCUT2D eigenvalue weighted by atomic mass is 10.1. The van der Waals surface area contributed by atoms with Crippen molar-refractivity contribution in [3.05, 3.63) is 60.2 Å². The van der Waals surface area contributed by atoms with Gasteiger partial charge < -0.3 is 19.1 Å². The van der Waals surface area contributed by atoms with E-state index < -0.39 is 6.36 Å². The Morgan fingerprint density at radius 3 is 2.22 bits per heavy atom. The Morgan fingerprint density at radius 1 is 1.04 bits per heavy atom. The highest BCUT2D eigenvalue weighted by atomic mass is 19.4. The van der Waals surface area contributed by atoms with Crippen molar-refractivity contribution in [1.82, 2.24) is 5.16 Å². The lowest BCUT2D eigenvalue weighted by molar-refractivity contribution is -0.274. The van der Waals surface area contributed by atoms with Crippen molar-refractivity contribution in [1.29, 1.82) is 0 Å². The van der Waals surface area contributed by atoms with Crippen LogP contribution >= 0.6 is 0 Å². The number of benzene rings is 2. The molecule has 27 heavy (non-hydrogen) atoms. The Labute approximate surface area is 152 Å². The molecule has 2 aromatic carbocycles. The summed E-state index contributed by atoms with van der Waals surface area (Å²) in [6.07, 6.45) is -4.31. The zero-order chi connectivity index (χ0) is 19.4. The highest BCUT2D eigenvalue weighted by Crippen LogP contribution is 2.26. The van der Waals surface area contributed by atoms with E-state index in [0.29, 0.717) is 17.9 Å². The van der Waals surface area contributed by atoms with E-state index in [2.05, 4.69) is 9.89 Å². The van der Waals surface area contributed by atoms with Gasteiger partial charge in [-0.05, 0) is 41.9 Å². The minimum atomic E-state index is -4.72. The van der Waals surface area contributed by atoms with E-state index in [1.54, 1.807) is 0 Å². The molecule has 0 saturated carbocycles. The molecular formula is C19H16F3NO4. The number of rotatable bonds is 6. The molecule has 1 aromatic heterocycles. The average Bonchev–Trinajstić information content (AvgIpc) is 3.02. The second-order valence-electron chi connectivity index (χ2n) is 5.90. The van der Waals surface area contributed by atoms with E-state index in [0.717, 1.165) is 11.1 Å². The van der Waals surface area contributed by atoms with Crippen LogP contribution in [0, 0.1) is 0 Å². The first-order chi connectivity index (χ1) is 12.8. The first-order valence-electron chi connectivity index (χ1n) is 8.06. The maximum Gasteiger partial charge on any atom is 0.573 e. The van der Waals surface area contributed by atoms with Gasteiger partial charge in [0.1, 0.15) is 11.5 Å². The van der Waals surface area contributed by atoms with Crippen LogP contribution in [0.3, 0.4) is 0 Å². The molecule has 0 saturated heterocycles. The Hall–Kier alpha value is -3.16. The SMILES string of the molecule is CC(Cc1ccc(-c2cc(O)no2)cc1)Oc1ccc(OC(F)(F)F)cc1. The topological polar surface area (TPSA) is 64.7 Å². The predicted molar refractivity (Wildman–Crippen MR) is 90.5 cm³/mol. The van der Waals surface area contributed by atoms with Crippen LogP contribution in [0.2, 0.25) is 0 Å². The van der Waals surface area contributed by atoms with Gasteiger partial charge in [-0.15, -0.1) is 13.2 Å². The van der Waals surface area contributed by atoms with Crippen LogP contribution in [0.25, 0.3) is 11.3 Å². The monoisotopic (exact) mass is 379 g/mol. The van der Waals surface area contributed by atoms with Crippen LogP contribution < -0.4 is 9.47 Å². The first-order valence-corrected chi connectivity index (χ1v) is 8.06. The second kappa shape index (κ2) is 7.61. The number of alkyl halides is 3. The van der Waals surface area contributed by atoms with Gasteiger partial charge in [-0.2, -0.15) is 0 Å². The third-order valence-corrected chi connectivity index (χ3v) is 3.65. The summed E-state index contributed by atoms with van der Waals surface area (Å²) in [4.78, 5) is 0. The molecule has 0 radical (unpaired) electrons. The number of ether oxygens (including phenoxy) is 2. The quantitative estimate of drug-likeness (QED) is 0.656. The fourth-order valence-electron chi connectivity index (χ4n) is 2.53.